The Labute approximate surface area is 150 Å². The van der Waals surface area contributed by atoms with Crippen molar-refractivity contribution in [2.24, 2.45) is 5.92 Å². The molecule has 0 saturated carbocycles. The summed E-state index contributed by atoms with van der Waals surface area (Å²) in [6.07, 6.45) is -0.374. The van der Waals surface area contributed by atoms with Crippen LogP contribution in [0.2, 0.25) is 0 Å². The largest absolute Gasteiger partial charge is 0.493 e. The molecule has 2 aromatic rings. The van der Waals surface area contributed by atoms with E-state index in [9.17, 15) is 4.39 Å². The van der Waals surface area contributed by atoms with Crippen LogP contribution in [0.15, 0.2) is 42.5 Å². The molecule has 0 radical (unpaired) electrons. The Morgan fingerprint density at radius 2 is 2.08 bits per heavy atom. The predicted molar refractivity (Wildman–Crippen MR) is 88.2 cm³/mol. The third kappa shape index (κ3) is 3.17. The van der Waals surface area contributed by atoms with Gasteiger partial charge in [-0.25, -0.2) is 4.39 Å². The van der Waals surface area contributed by atoms with E-state index in [2.05, 4.69) is 5.32 Å². The molecule has 0 spiro atoms. The van der Waals surface area contributed by atoms with Crippen LogP contribution in [-0.2, 0) is 0 Å². The number of halogens is 1. The summed E-state index contributed by atoms with van der Waals surface area (Å²) < 4.78 is 86.2. The fourth-order valence-corrected chi connectivity index (χ4v) is 2.62. The minimum absolute atomic E-state index is 0.0279. The van der Waals surface area contributed by atoms with Crippen molar-refractivity contribution in [3.05, 3.63) is 53.8 Å². The zero-order chi connectivity index (χ0) is 22.7. The second-order valence-corrected chi connectivity index (χ2v) is 5.44. The van der Waals surface area contributed by atoms with Crippen molar-refractivity contribution in [2.45, 2.75) is 12.3 Å². The lowest BCUT2D eigenvalue weighted by Crippen LogP contribution is -2.38. The van der Waals surface area contributed by atoms with Gasteiger partial charge in [0.1, 0.15) is 14.3 Å². The summed E-state index contributed by atoms with van der Waals surface area (Å²) in [4.78, 5) is 0. The molecule has 1 saturated heterocycles. The van der Waals surface area contributed by atoms with Gasteiger partial charge in [0.05, 0.1) is 9.30 Å². The van der Waals surface area contributed by atoms with E-state index in [1.54, 1.807) is 0 Å². The molecule has 2 aliphatic heterocycles. The normalized spacial score (nSPS) is 34.5. The Hall–Kier alpha value is -2.27. The first-order chi connectivity index (χ1) is 14.3. The molecule has 4 nitrogen and oxygen atoms in total. The quantitative estimate of drug-likeness (QED) is 0.930. The van der Waals surface area contributed by atoms with Crippen LogP contribution in [0.25, 0.3) is 0 Å². The molecule has 2 aliphatic rings. The van der Waals surface area contributed by atoms with Crippen LogP contribution in [0, 0.1) is 11.7 Å². The number of benzene rings is 2. The van der Waals surface area contributed by atoms with Gasteiger partial charge in [0.25, 0.3) is 0 Å². The Morgan fingerprint density at radius 3 is 2.96 bits per heavy atom. The van der Waals surface area contributed by atoms with E-state index in [-0.39, 0.29) is 35.8 Å². The standard InChI is InChI=1S/C19H20FNO3/c20-15-3-1-13(2-4-15)17-7-8-21-10-14(17)11-22-16-5-6-18-19(9-16)24-12-23-18/h1-6,9,14,17,21H,7-8,10-12H2/t14-,17?/m0/s1/i8D2,11D2,12D2,17D. The highest BCUT2D eigenvalue weighted by Gasteiger charge is 2.27. The van der Waals surface area contributed by atoms with Gasteiger partial charge in [-0.2, -0.15) is 0 Å². The summed E-state index contributed by atoms with van der Waals surface area (Å²) >= 11 is 0. The first kappa shape index (κ1) is 9.28. The predicted octanol–water partition coefficient (Wildman–Crippen LogP) is 3.33. The zero-order valence-electron chi connectivity index (χ0n) is 19.6. The van der Waals surface area contributed by atoms with Gasteiger partial charge in [-0.3, -0.25) is 0 Å². The van der Waals surface area contributed by atoms with Gasteiger partial charge in [-0.1, -0.05) is 12.1 Å². The third-order valence-corrected chi connectivity index (χ3v) is 3.88. The summed E-state index contributed by atoms with van der Waals surface area (Å²) in [6.45, 7) is -6.90. The average Bonchev–Trinajstić information content (AvgIpc) is 2.93. The molecule has 24 heavy (non-hydrogen) atoms. The first-order valence-electron chi connectivity index (χ1n) is 11.0. The smallest absolute Gasteiger partial charge is 0.231 e. The van der Waals surface area contributed by atoms with Crippen molar-refractivity contribution in [2.75, 3.05) is 26.3 Å². The van der Waals surface area contributed by atoms with Crippen molar-refractivity contribution in [1.29, 1.82) is 0 Å². The maximum Gasteiger partial charge on any atom is 0.231 e. The number of fused-ring (bicyclic) bond motifs is 1. The van der Waals surface area contributed by atoms with E-state index in [1.807, 2.05) is 0 Å². The molecule has 2 atom stereocenters. The lowest BCUT2D eigenvalue weighted by atomic mass is 9.81. The van der Waals surface area contributed by atoms with Gasteiger partial charge >= 0.3 is 0 Å². The molecular formula is C19H20FNO3. The van der Waals surface area contributed by atoms with Crippen LogP contribution >= 0.6 is 0 Å². The number of nitrogens with one attached hydrogen (secondary N) is 1. The van der Waals surface area contributed by atoms with E-state index >= 15 is 0 Å². The summed E-state index contributed by atoms with van der Waals surface area (Å²) in [6, 6.07) is 9.09. The maximum absolute atomic E-state index is 13.4. The number of hydrogen-bond donors (Lipinski definition) is 1. The summed E-state index contributed by atoms with van der Waals surface area (Å²) in [5.74, 6) is -3.20. The summed E-state index contributed by atoms with van der Waals surface area (Å²) in [7, 11) is 0. The second-order valence-electron chi connectivity index (χ2n) is 5.44. The third-order valence-electron chi connectivity index (χ3n) is 3.88. The number of hydrogen-bond acceptors (Lipinski definition) is 4. The first-order valence-corrected chi connectivity index (χ1v) is 7.52. The highest BCUT2D eigenvalue weighted by atomic mass is 19.1. The van der Waals surface area contributed by atoms with E-state index in [0.717, 1.165) is 12.1 Å². The van der Waals surface area contributed by atoms with Gasteiger partial charge < -0.3 is 19.5 Å². The minimum atomic E-state index is -2.44. The molecule has 126 valence electrons. The topological polar surface area (TPSA) is 39.7 Å². The highest BCUT2D eigenvalue weighted by molar-refractivity contribution is 5.46. The summed E-state index contributed by atoms with van der Waals surface area (Å²) in [5, 5.41) is 2.61. The van der Waals surface area contributed by atoms with E-state index in [4.69, 9.17) is 23.8 Å². The minimum Gasteiger partial charge on any atom is -0.493 e. The van der Waals surface area contributed by atoms with E-state index in [0.29, 0.717) is 0 Å². The van der Waals surface area contributed by atoms with Crippen LogP contribution in [0.4, 0.5) is 4.39 Å². The van der Waals surface area contributed by atoms with E-state index < -0.39 is 37.4 Å². The molecule has 1 N–H and O–H groups in total. The second kappa shape index (κ2) is 6.69. The van der Waals surface area contributed by atoms with Crippen molar-refractivity contribution in [3.63, 3.8) is 0 Å². The number of ether oxygens (including phenoxy) is 3. The molecule has 2 aromatic carbocycles. The van der Waals surface area contributed by atoms with Gasteiger partial charge in [0, 0.05) is 22.6 Å². The molecular weight excluding hydrogens is 309 g/mol. The van der Waals surface area contributed by atoms with Gasteiger partial charge in [0.2, 0.25) is 6.75 Å². The van der Waals surface area contributed by atoms with Gasteiger partial charge in [-0.05, 0) is 48.6 Å². The Kier molecular flexibility index (Phi) is 2.59. The maximum atomic E-state index is 13.4. The van der Waals surface area contributed by atoms with Crippen molar-refractivity contribution in [1.82, 2.24) is 5.32 Å². The molecule has 0 aromatic heterocycles. The van der Waals surface area contributed by atoms with Crippen LogP contribution in [-0.4, -0.2) is 26.3 Å². The van der Waals surface area contributed by atoms with E-state index in [1.165, 1.54) is 30.3 Å². The Balaban J connectivity index is 1.65. The molecule has 1 fully saturated rings. The monoisotopic (exact) mass is 336 g/mol. The van der Waals surface area contributed by atoms with Crippen LogP contribution in [0.5, 0.6) is 17.2 Å². The molecule has 4 rings (SSSR count). The fraction of sp³-hybridized carbons (Fsp3) is 0.368. The lowest BCUT2D eigenvalue weighted by Gasteiger charge is -2.32. The number of rotatable bonds is 4. The highest BCUT2D eigenvalue weighted by Crippen LogP contribution is 2.36. The molecule has 0 amide bonds. The number of piperidine rings is 1. The lowest BCUT2D eigenvalue weighted by molar-refractivity contribution is 0.173. The van der Waals surface area contributed by atoms with Crippen molar-refractivity contribution >= 4 is 0 Å². The zero-order valence-corrected chi connectivity index (χ0v) is 12.6. The fourth-order valence-electron chi connectivity index (χ4n) is 2.62. The molecule has 1 unspecified atom stereocenters. The van der Waals surface area contributed by atoms with Crippen molar-refractivity contribution in [3.8, 4) is 17.2 Å². The summed E-state index contributed by atoms with van der Waals surface area (Å²) in [5.41, 5.74) is 0.274. The molecule has 2 heterocycles. The Bertz CT molecular complexity index is 989. The van der Waals surface area contributed by atoms with Crippen molar-refractivity contribution < 1.29 is 28.2 Å². The molecule has 0 bridgehead atoms. The molecule has 0 aliphatic carbocycles. The Morgan fingerprint density at radius 1 is 1.25 bits per heavy atom. The molecule has 5 heteroatoms. The van der Waals surface area contributed by atoms with Crippen LogP contribution in [0.3, 0.4) is 0 Å². The van der Waals surface area contributed by atoms with Crippen LogP contribution in [0.1, 0.15) is 27.5 Å². The SMILES string of the molecule is [2H]C1([2H])CC([2H])(c2ccc(F)cc2)[C@H](C([2H])([2H])Oc2ccc3c(c2)OC([2H])([2H])O3)CN1. The average molecular weight is 336 g/mol. The van der Waals surface area contributed by atoms with Gasteiger partial charge in [0.15, 0.2) is 11.5 Å². The van der Waals surface area contributed by atoms with Gasteiger partial charge in [-0.15, -0.1) is 0 Å². The van der Waals surface area contributed by atoms with Crippen LogP contribution < -0.4 is 19.5 Å².